The van der Waals surface area contributed by atoms with Gasteiger partial charge in [0, 0.05) is 6.04 Å². The number of hydrogen-bond acceptors (Lipinski definition) is 3. The smallest absolute Gasteiger partial charge is 0.147 e. The third-order valence-corrected chi connectivity index (χ3v) is 1.65. The molecule has 1 unspecified atom stereocenters. The fraction of sp³-hybridized carbons (Fsp3) is 0.429. The first-order valence-corrected chi connectivity index (χ1v) is 3.50. The molecule has 1 rings (SSSR count). The highest BCUT2D eigenvalue weighted by Gasteiger charge is 2.04. The zero-order valence-electron chi connectivity index (χ0n) is 6.68. The van der Waals surface area contributed by atoms with Crippen molar-refractivity contribution in [2.24, 2.45) is 0 Å². The summed E-state index contributed by atoms with van der Waals surface area (Å²) in [6, 6.07) is 0.260. The van der Waals surface area contributed by atoms with Crippen LogP contribution < -0.4 is 5.32 Å². The molecular formula is C7H12N4. The van der Waals surface area contributed by atoms with Crippen LogP contribution in [0.25, 0.3) is 0 Å². The maximum Gasteiger partial charge on any atom is 0.147 e. The van der Waals surface area contributed by atoms with Gasteiger partial charge in [0.05, 0.1) is 18.1 Å². The van der Waals surface area contributed by atoms with E-state index in [0.717, 1.165) is 5.69 Å². The van der Waals surface area contributed by atoms with Gasteiger partial charge in [-0.3, -0.25) is 0 Å². The standard InChI is InChI=1S/C7H12N4/c1-5(9-2)6-4-10-7(3-8)11-6/h3-5,8-9H,1-2H3,(H,10,11). The van der Waals surface area contributed by atoms with Crippen LogP contribution in [0.4, 0.5) is 0 Å². The molecule has 0 saturated heterocycles. The van der Waals surface area contributed by atoms with Gasteiger partial charge in [0.25, 0.3) is 0 Å². The summed E-state index contributed by atoms with van der Waals surface area (Å²) in [7, 11) is 1.88. The quantitative estimate of drug-likeness (QED) is 0.558. The Kier molecular flexibility index (Phi) is 2.38. The minimum Gasteiger partial charge on any atom is -0.340 e. The molecular weight excluding hydrogens is 140 g/mol. The molecule has 1 atom stereocenters. The van der Waals surface area contributed by atoms with Crippen molar-refractivity contribution < 1.29 is 0 Å². The van der Waals surface area contributed by atoms with Gasteiger partial charge in [-0.25, -0.2) is 4.98 Å². The first-order valence-electron chi connectivity index (χ1n) is 3.50. The number of nitrogens with zero attached hydrogens (tertiary/aromatic N) is 1. The predicted octanol–water partition coefficient (Wildman–Crippen LogP) is 0.688. The van der Waals surface area contributed by atoms with Gasteiger partial charge in [-0.15, -0.1) is 0 Å². The van der Waals surface area contributed by atoms with Crippen LogP contribution in [0.5, 0.6) is 0 Å². The molecule has 0 fully saturated rings. The second-order valence-electron chi connectivity index (χ2n) is 2.38. The van der Waals surface area contributed by atoms with Crippen molar-refractivity contribution in [2.75, 3.05) is 7.05 Å². The Morgan fingerprint density at radius 3 is 3.00 bits per heavy atom. The fourth-order valence-electron chi connectivity index (χ4n) is 0.800. The normalized spacial score (nSPS) is 12.9. The van der Waals surface area contributed by atoms with Crippen LogP contribution in [0.2, 0.25) is 0 Å². The van der Waals surface area contributed by atoms with Gasteiger partial charge in [-0.1, -0.05) is 0 Å². The summed E-state index contributed by atoms with van der Waals surface area (Å²) in [6.07, 6.45) is 2.94. The third kappa shape index (κ3) is 1.65. The molecule has 1 aromatic heterocycles. The SMILES string of the molecule is CNC(C)c1cnc(C=N)[nH]1. The lowest BCUT2D eigenvalue weighted by Crippen LogP contribution is -2.12. The summed E-state index contributed by atoms with van der Waals surface area (Å²) < 4.78 is 0. The van der Waals surface area contributed by atoms with Gasteiger partial charge in [0.15, 0.2) is 0 Å². The Labute approximate surface area is 65.6 Å². The number of aromatic amines is 1. The van der Waals surface area contributed by atoms with Crippen molar-refractivity contribution >= 4 is 6.21 Å². The lowest BCUT2D eigenvalue weighted by atomic mass is 10.3. The number of nitrogens with one attached hydrogen (secondary N) is 3. The number of hydrogen-bond donors (Lipinski definition) is 3. The Bertz CT molecular complexity index is 240. The van der Waals surface area contributed by atoms with Crippen molar-refractivity contribution in [3.8, 4) is 0 Å². The summed E-state index contributed by atoms with van der Waals surface area (Å²) in [5.41, 5.74) is 1.01. The lowest BCUT2D eigenvalue weighted by Gasteiger charge is -2.05. The molecule has 0 amide bonds. The van der Waals surface area contributed by atoms with Crippen molar-refractivity contribution in [1.29, 1.82) is 5.41 Å². The number of H-pyrrole nitrogens is 1. The minimum atomic E-state index is 0.260. The molecule has 0 aliphatic rings. The summed E-state index contributed by atoms with van der Waals surface area (Å²) in [5.74, 6) is 0.599. The molecule has 11 heavy (non-hydrogen) atoms. The van der Waals surface area contributed by atoms with Crippen molar-refractivity contribution in [1.82, 2.24) is 15.3 Å². The van der Waals surface area contributed by atoms with Crippen LogP contribution in [0, 0.1) is 5.41 Å². The van der Waals surface area contributed by atoms with E-state index in [4.69, 9.17) is 5.41 Å². The molecule has 4 heteroatoms. The maximum absolute atomic E-state index is 6.92. The van der Waals surface area contributed by atoms with E-state index >= 15 is 0 Å². The van der Waals surface area contributed by atoms with Crippen LogP contribution in [-0.2, 0) is 0 Å². The molecule has 3 N–H and O–H groups in total. The Morgan fingerprint density at radius 2 is 2.55 bits per heavy atom. The van der Waals surface area contributed by atoms with E-state index < -0.39 is 0 Å². The topological polar surface area (TPSA) is 64.6 Å². The van der Waals surface area contributed by atoms with E-state index in [1.54, 1.807) is 6.20 Å². The van der Waals surface area contributed by atoms with Gasteiger partial charge >= 0.3 is 0 Å². The molecule has 0 bridgehead atoms. The molecule has 0 aliphatic heterocycles. The van der Waals surface area contributed by atoms with Crippen molar-refractivity contribution in [3.05, 3.63) is 17.7 Å². The lowest BCUT2D eigenvalue weighted by molar-refractivity contribution is 0.636. The largest absolute Gasteiger partial charge is 0.340 e. The third-order valence-electron chi connectivity index (χ3n) is 1.65. The zero-order valence-corrected chi connectivity index (χ0v) is 6.68. The van der Waals surface area contributed by atoms with E-state index in [1.807, 2.05) is 14.0 Å². The zero-order chi connectivity index (χ0) is 8.27. The van der Waals surface area contributed by atoms with Gasteiger partial charge in [-0.2, -0.15) is 0 Å². The first kappa shape index (κ1) is 7.94. The first-order chi connectivity index (χ1) is 5.27. The molecule has 0 aromatic carbocycles. The van der Waals surface area contributed by atoms with E-state index in [2.05, 4.69) is 15.3 Å². The molecule has 0 saturated carbocycles. The molecule has 4 nitrogen and oxygen atoms in total. The highest BCUT2D eigenvalue weighted by molar-refractivity contribution is 5.71. The Balaban J connectivity index is 2.79. The van der Waals surface area contributed by atoms with E-state index in [0.29, 0.717) is 5.82 Å². The highest BCUT2D eigenvalue weighted by Crippen LogP contribution is 2.06. The summed E-state index contributed by atoms with van der Waals surface area (Å²) in [5, 5.41) is 9.99. The fourth-order valence-corrected chi connectivity index (χ4v) is 0.800. The van der Waals surface area contributed by atoms with Crippen LogP contribution in [0.3, 0.4) is 0 Å². The average Bonchev–Trinajstić information content (AvgIpc) is 2.50. The van der Waals surface area contributed by atoms with E-state index in [9.17, 15) is 0 Å². The monoisotopic (exact) mass is 152 g/mol. The van der Waals surface area contributed by atoms with Crippen LogP contribution in [0.1, 0.15) is 24.5 Å². The van der Waals surface area contributed by atoms with Gasteiger partial charge in [0.1, 0.15) is 5.82 Å². The van der Waals surface area contributed by atoms with Gasteiger partial charge < -0.3 is 15.7 Å². The van der Waals surface area contributed by atoms with Crippen molar-refractivity contribution in [3.63, 3.8) is 0 Å². The van der Waals surface area contributed by atoms with E-state index in [-0.39, 0.29) is 6.04 Å². The molecule has 0 spiro atoms. The second-order valence-corrected chi connectivity index (χ2v) is 2.38. The second kappa shape index (κ2) is 3.30. The number of aromatic nitrogens is 2. The molecule has 1 aromatic rings. The maximum atomic E-state index is 6.92. The van der Waals surface area contributed by atoms with Crippen LogP contribution in [0.15, 0.2) is 6.20 Å². The average molecular weight is 152 g/mol. The summed E-state index contributed by atoms with van der Waals surface area (Å²) >= 11 is 0. The van der Waals surface area contributed by atoms with Gasteiger partial charge in [0.2, 0.25) is 0 Å². The Hall–Kier alpha value is -1.16. The van der Waals surface area contributed by atoms with Crippen LogP contribution >= 0.6 is 0 Å². The van der Waals surface area contributed by atoms with Crippen LogP contribution in [-0.4, -0.2) is 23.2 Å². The van der Waals surface area contributed by atoms with Crippen molar-refractivity contribution in [2.45, 2.75) is 13.0 Å². The highest BCUT2D eigenvalue weighted by atomic mass is 15.0. The van der Waals surface area contributed by atoms with Gasteiger partial charge in [-0.05, 0) is 14.0 Å². The molecule has 0 aliphatic carbocycles. The number of rotatable bonds is 3. The minimum absolute atomic E-state index is 0.260. The number of imidazole rings is 1. The molecule has 1 heterocycles. The molecule has 60 valence electrons. The summed E-state index contributed by atoms with van der Waals surface area (Å²) in [6.45, 7) is 2.03. The molecule has 0 radical (unpaired) electrons. The van der Waals surface area contributed by atoms with E-state index in [1.165, 1.54) is 6.21 Å². The summed E-state index contributed by atoms with van der Waals surface area (Å²) in [4.78, 5) is 6.96. The Morgan fingerprint density at radius 1 is 1.82 bits per heavy atom. The predicted molar refractivity (Wildman–Crippen MR) is 43.9 cm³/mol.